The smallest absolute Gasteiger partial charge is 0.241 e. The first-order chi connectivity index (χ1) is 7.49. The van der Waals surface area contributed by atoms with Gasteiger partial charge in [0.1, 0.15) is 5.15 Å². The average Bonchev–Trinajstić information content (AvgIpc) is 2.16. The van der Waals surface area contributed by atoms with Crippen LogP contribution in [0.2, 0.25) is 5.15 Å². The molecular formula is C11H16ClN3O. The fourth-order valence-electron chi connectivity index (χ4n) is 1.33. The summed E-state index contributed by atoms with van der Waals surface area (Å²) in [4.78, 5) is 15.5. The van der Waals surface area contributed by atoms with Crippen LogP contribution < -0.4 is 11.1 Å². The number of pyridine rings is 1. The Bertz CT molecular complexity index is 368. The zero-order valence-electron chi connectivity index (χ0n) is 9.40. The van der Waals surface area contributed by atoms with Gasteiger partial charge in [0.05, 0.1) is 6.04 Å². The lowest BCUT2D eigenvalue weighted by molar-refractivity contribution is -0.117. The summed E-state index contributed by atoms with van der Waals surface area (Å²) in [6.45, 7) is 4.05. The van der Waals surface area contributed by atoms with Crippen molar-refractivity contribution >= 4 is 23.2 Å². The predicted octanol–water partition coefficient (Wildman–Crippen LogP) is 2.05. The molecule has 0 aliphatic rings. The second kappa shape index (κ2) is 5.82. The van der Waals surface area contributed by atoms with Gasteiger partial charge in [-0.2, -0.15) is 0 Å². The maximum absolute atomic E-state index is 11.7. The minimum absolute atomic E-state index is 0.198. The lowest BCUT2D eigenvalue weighted by Crippen LogP contribution is -2.36. The number of carbonyl (C=O) groups is 1. The molecule has 0 aliphatic carbocycles. The van der Waals surface area contributed by atoms with Gasteiger partial charge in [-0.1, -0.05) is 25.4 Å². The van der Waals surface area contributed by atoms with E-state index in [1.165, 1.54) is 6.20 Å². The SMILES string of the molecule is CC(C)C[C@H](N)C(=O)Nc1ccnc(Cl)c1. The van der Waals surface area contributed by atoms with Crippen molar-refractivity contribution in [3.63, 3.8) is 0 Å². The molecule has 0 aromatic carbocycles. The van der Waals surface area contributed by atoms with E-state index in [1.54, 1.807) is 12.1 Å². The third kappa shape index (κ3) is 4.16. The van der Waals surface area contributed by atoms with Gasteiger partial charge in [0, 0.05) is 11.9 Å². The highest BCUT2D eigenvalue weighted by Gasteiger charge is 2.14. The highest BCUT2D eigenvalue weighted by Crippen LogP contribution is 2.12. The number of nitrogens with one attached hydrogen (secondary N) is 1. The Labute approximate surface area is 100 Å². The largest absolute Gasteiger partial charge is 0.325 e. The second-order valence-corrected chi connectivity index (χ2v) is 4.48. The van der Waals surface area contributed by atoms with Crippen molar-refractivity contribution in [2.75, 3.05) is 5.32 Å². The van der Waals surface area contributed by atoms with Gasteiger partial charge in [0.15, 0.2) is 0 Å². The molecule has 0 radical (unpaired) electrons. The van der Waals surface area contributed by atoms with Crippen LogP contribution >= 0.6 is 11.6 Å². The lowest BCUT2D eigenvalue weighted by Gasteiger charge is -2.14. The Balaban J connectivity index is 2.57. The molecule has 88 valence electrons. The Morgan fingerprint density at radius 1 is 1.62 bits per heavy atom. The van der Waals surface area contributed by atoms with Crippen molar-refractivity contribution in [3.8, 4) is 0 Å². The summed E-state index contributed by atoms with van der Waals surface area (Å²) in [6.07, 6.45) is 2.19. The Morgan fingerprint density at radius 2 is 2.31 bits per heavy atom. The van der Waals surface area contributed by atoms with E-state index in [2.05, 4.69) is 10.3 Å². The molecule has 1 heterocycles. The van der Waals surface area contributed by atoms with Crippen molar-refractivity contribution in [1.29, 1.82) is 0 Å². The van der Waals surface area contributed by atoms with Gasteiger partial charge in [-0.25, -0.2) is 4.98 Å². The standard InChI is InChI=1S/C11H16ClN3O/c1-7(2)5-9(13)11(16)15-8-3-4-14-10(12)6-8/h3-4,6-7,9H,5,13H2,1-2H3,(H,14,15,16)/t9-/m0/s1. The van der Waals surface area contributed by atoms with E-state index in [1.807, 2.05) is 13.8 Å². The first-order valence-corrected chi connectivity index (χ1v) is 5.55. The molecule has 0 spiro atoms. The second-order valence-electron chi connectivity index (χ2n) is 4.09. The molecule has 1 amide bonds. The number of anilines is 1. The summed E-state index contributed by atoms with van der Waals surface area (Å²) in [7, 11) is 0. The topological polar surface area (TPSA) is 68.0 Å². The number of nitrogens with two attached hydrogens (primary N) is 1. The molecule has 4 nitrogen and oxygen atoms in total. The summed E-state index contributed by atoms with van der Waals surface area (Å²) in [5.74, 6) is 0.192. The van der Waals surface area contributed by atoms with Crippen LogP contribution in [0.15, 0.2) is 18.3 Å². The Hall–Kier alpha value is -1.13. The summed E-state index contributed by atoms with van der Waals surface area (Å²) < 4.78 is 0. The van der Waals surface area contributed by atoms with E-state index in [9.17, 15) is 4.79 Å². The molecule has 1 atom stereocenters. The van der Waals surface area contributed by atoms with Crippen molar-refractivity contribution in [1.82, 2.24) is 4.98 Å². The number of hydrogen-bond acceptors (Lipinski definition) is 3. The van der Waals surface area contributed by atoms with Gasteiger partial charge in [-0.15, -0.1) is 0 Å². The third-order valence-corrected chi connectivity index (χ3v) is 2.26. The molecule has 0 fully saturated rings. The van der Waals surface area contributed by atoms with Crippen LogP contribution in [-0.2, 0) is 4.79 Å². The summed E-state index contributed by atoms with van der Waals surface area (Å²) in [5, 5.41) is 3.04. The fraction of sp³-hybridized carbons (Fsp3) is 0.455. The number of halogens is 1. The molecule has 16 heavy (non-hydrogen) atoms. The van der Waals surface area contributed by atoms with Gasteiger partial charge in [0.25, 0.3) is 0 Å². The maximum atomic E-state index is 11.7. The molecule has 0 saturated heterocycles. The molecule has 0 saturated carbocycles. The van der Waals surface area contributed by atoms with Crippen LogP contribution in [0.4, 0.5) is 5.69 Å². The molecule has 0 aliphatic heterocycles. The van der Waals surface area contributed by atoms with Crippen LogP contribution in [-0.4, -0.2) is 16.9 Å². The molecule has 0 unspecified atom stereocenters. The van der Waals surface area contributed by atoms with E-state index in [4.69, 9.17) is 17.3 Å². The average molecular weight is 242 g/mol. The van der Waals surface area contributed by atoms with Crippen LogP contribution in [0.3, 0.4) is 0 Å². The van der Waals surface area contributed by atoms with Crippen molar-refractivity contribution in [3.05, 3.63) is 23.5 Å². The van der Waals surface area contributed by atoms with E-state index in [0.717, 1.165) is 0 Å². The monoisotopic (exact) mass is 241 g/mol. The molecule has 1 rings (SSSR count). The maximum Gasteiger partial charge on any atom is 0.241 e. The normalized spacial score (nSPS) is 12.6. The number of amides is 1. The zero-order valence-corrected chi connectivity index (χ0v) is 10.2. The minimum Gasteiger partial charge on any atom is -0.325 e. The van der Waals surface area contributed by atoms with E-state index < -0.39 is 6.04 Å². The highest BCUT2D eigenvalue weighted by molar-refractivity contribution is 6.29. The van der Waals surface area contributed by atoms with Crippen molar-refractivity contribution in [2.45, 2.75) is 26.3 Å². The van der Waals surface area contributed by atoms with Crippen LogP contribution in [0.1, 0.15) is 20.3 Å². The van der Waals surface area contributed by atoms with Crippen LogP contribution in [0.25, 0.3) is 0 Å². The molecule has 3 N–H and O–H groups in total. The number of nitrogens with zero attached hydrogens (tertiary/aromatic N) is 1. The summed E-state index contributed by atoms with van der Waals surface area (Å²) in [5.41, 5.74) is 6.36. The lowest BCUT2D eigenvalue weighted by atomic mass is 10.0. The Kier molecular flexibility index (Phi) is 4.71. The number of aromatic nitrogens is 1. The predicted molar refractivity (Wildman–Crippen MR) is 65.3 cm³/mol. The molecule has 1 aromatic heterocycles. The van der Waals surface area contributed by atoms with Gasteiger partial charge < -0.3 is 11.1 Å². The van der Waals surface area contributed by atoms with Crippen molar-refractivity contribution in [2.24, 2.45) is 11.7 Å². The Morgan fingerprint density at radius 3 is 2.88 bits per heavy atom. The van der Waals surface area contributed by atoms with Gasteiger partial charge in [-0.05, 0) is 24.5 Å². The van der Waals surface area contributed by atoms with E-state index in [0.29, 0.717) is 23.2 Å². The minimum atomic E-state index is -0.494. The number of hydrogen-bond donors (Lipinski definition) is 2. The quantitative estimate of drug-likeness (QED) is 0.793. The van der Waals surface area contributed by atoms with Gasteiger partial charge >= 0.3 is 0 Å². The van der Waals surface area contributed by atoms with E-state index >= 15 is 0 Å². The number of carbonyl (C=O) groups excluding carboxylic acids is 1. The van der Waals surface area contributed by atoms with Crippen LogP contribution in [0, 0.1) is 5.92 Å². The first-order valence-electron chi connectivity index (χ1n) is 5.17. The molecule has 1 aromatic rings. The van der Waals surface area contributed by atoms with Crippen LogP contribution in [0.5, 0.6) is 0 Å². The summed E-state index contributed by atoms with van der Waals surface area (Å²) >= 11 is 5.70. The molecule has 5 heteroatoms. The zero-order chi connectivity index (χ0) is 12.1. The van der Waals surface area contributed by atoms with E-state index in [-0.39, 0.29) is 5.91 Å². The molecule has 0 bridgehead atoms. The fourth-order valence-corrected chi connectivity index (χ4v) is 1.50. The summed E-state index contributed by atoms with van der Waals surface area (Å²) in [6, 6.07) is 2.76. The van der Waals surface area contributed by atoms with Gasteiger partial charge in [-0.3, -0.25) is 4.79 Å². The molecular weight excluding hydrogens is 226 g/mol. The third-order valence-electron chi connectivity index (χ3n) is 2.06. The highest BCUT2D eigenvalue weighted by atomic mass is 35.5. The number of rotatable bonds is 4. The van der Waals surface area contributed by atoms with Gasteiger partial charge in [0.2, 0.25) is 5.91 Å². The van der Waals surface area contributed by atoms with Crippen molar-refractivity contribution < 1.29 is 4.79 Å². The first kappa shape index (κ1) is 12.9.